The molecule has 4 rings (SSSR count). The zero-order valence-corrected chi connectivity index (χ0v) is 13.5. The highest BCUT2D eigenvalue weighted by atomic mass is 19.1. The van der Waals surface area contributed by atoms with Crippen molar-refractivity contribution >= 4 is 16.9 Å². The number of carbonyl (C=O) groups is 1. The normalized spacial score (nSPS) is 14.0. The fourth-order valence-electron chi connectivity index (χ4n) is 3.03. The van der Waals surface area contributed by atoms with Crippen molar-refractivity contribution in [1.29, 1.82) is 0 Å². The molecule has 2 heterocycles. The summed E-state index contributed by atoms with van der Waals surface area (Å²) in [6, 6.07) is 6.47. The van der Waals surface area contributed by atoms with Gasteiger partial charge in [-0.1, -0.05) is 6.07 Å². The second-order valence-electron chi connectivity index (χ2n) is 6.35. The van der Waals surface area contributed by atoms with Crippen LogP contribution in [0.4, 0.5) is 4.39 Å². The molecule has 25 heavy (non-hydrogen) atoms. The van der Waals surface area contributed by atoms with E-state index in [1.807, 2.05) is 6.92 Å². The van der Waals surface area contributed by atoms with E-state index >= 15 is 0 Å². The number of rotatable bonds is 3. The molecule has 0 saturated heterocycles. The van der Waals surface area contributed by atoms with Gasteiger partial charge in [0.2, 0.25) is 5.43 Å². The van der Waals surface area contributed by atoms with Crippen LogP contribution in [-0.4, -0.2) is 20.6 Å². The van der Waals surface area contributed by atoms with Gasteiger partial charge < -0.3 is 9.67 Å². The van der Waals surface area contributed by atoms with E-state index in [-0.39, 0.29) is 17.0 Å². The van der Waals surface area contributed by atoms with Crippen LogP contribution in [0.15, 0.2) is 41.5 Å². The molecular weight excluding hydrogens is 323 g/mol. The molecule has 1 aliphatic carbocycles. The summed E-state index contributed by atoms with van der Waals surface area (Å²) in [5.74, 6) is -1.87. The molecule has 0 amide bonds. The number of carboxylic acids is 1. The smallest absolute Gasteiger partial charge is 0.341 e. The van der Waals surface area contributed by atoms with E-state index in [0.717, 1.165) is 24.6 Å². The molecular formula is C19H15FN2O3. The Morgan fingerprint density at radius 2 is 2.08 bits per heavy atom. The maximum atomic E-state index is 14.6. The minimum Gasteiger partial charge on any atom is -0.477 e. The summed E-state index contributed by atoms with van der Waals surface area (Å²) in [6.45, 7) is 1.85. The Kier molecular flexibility index (Phi) is 3.42. The van der Waals surface area contributed by atoms with Gasteiger partial charge in [0.1, 0.15) is 11.4 Å². The molecule has 1 fully saturated rings. The van der Waals surface area contributed by atoms with Gasteiger partial charge in [-0.25, -0.2) is 9.18 Å². The van der Waals surface area contributed by atoms with E-state index in [9.17, 15) is 19.1 Å². The van der Waals surface area contributed by atoms with Crippen LogP contribution >= 0.6 is 0 Å². The Labute approximate surface area is 142 Å². The van der Waals surface area contributed by atoms with Crippen molar-refractivity contribution < 1.29 is 14.3 Å². The topological polar surface area (TPSA) is 72.2 Å². The molecule has 0 aliphatic heterocycles. The largest absolute Gasteiger partial charge is 0.477 e. The van der Waals surface area contributed by atoms with Crippen LogP contribution in [0.3, 0.4) is 0 Å². The average molecular weight is 338 g/mol. The number of aryl methyl sites for hydroxylation is 1. The van der Waals surface area contributed by atoms with E-state index in [2.05, 4.69) is 4.98 Å². The Bertz CT molecular complexity index is 1070. The molecule has 6 heteroatoms. The van der Waals surface area contributed by atoms with Crippen molar-refractivity contribution in [3.8, 4) is 11.1 Å². The van der Waals surface area contributed by atoms with Crippen LogP contribution in [0.5, 0.6) is 0 Å². The standard InChI is InChI=1S/C19H15FN2O3/c1-10-2-3-11(8-21-10)13-7-17-14(6-16(13)20)18(23)15(19(24)25)9-22(17)12-4-5-12/h2-3,6-9,12H,4-5H2,1H3,(H,24,25). The first kappa shape index (κ1) is 15.5. The predicted molar refractivity (Wildman–Crippen MR) is 91.4 cm³/mol. The second kappa shape index (κ2) is 5.51. The molecule has 1 aromatic carbocycles. The summed E-state index contributed by atoms with van der Waals surface area (Å²) < 4.78 is 16.4. The number of carboxylic acid groups (broad SMARTS) is 1. The monoisotopic (exact) mass is 338 g/mol. The van der Waals surface area contributed by atoms with Gasteiger partial charge in [0, 0.05) is 40.6 Å². The minimum atomic E-state index is -1.30. The van der Waals surface area contributed by atoms with Crippen molar-refractivity contribution in [3.63, 3.8) is 0 Å². The molecule has 2 aromatic heterocycles. The van der Waals surface area contributed by atoms with Gasteiger partial charge in [0.05, 0.1) is 5.52 Å². The molecule has 0 spiro atoms. The van der Waals surface area contributed by atoms with Gasteiger partial charge in [0.15, 0.2) is 0 Å². The van der Waals surface area contributed by atoms with E-state index in [4.69, 9.17) is 0 Å². The lowest BCUT2D eigenvalue weighted by Gasteiger charge is -2.13. The van der Waals surface area contributed by atoms with Crippen LogP contribution in [0, 0.1) is 12.7 Å². The highest BCUT2D eigenvalue weighted by Gasteiger charge is 2.27. The first-order valence-corrected chi connectivity index (χ1v) is 8.00. The molecule has 1 aliphatic rings. The van der Waals surface area contributed by atoms with Gasteiger partial charge >= 0.3 is 5.97 Å². The first-order valence-electron chi connectivity index (χ1n) is 8.00. The molecule has 0 atom stereocenters. The lowest BCUT2D eigenvalue weighted by molar-refractivity contribution is 0.0695. The summed E-state index contributed by atoms with van der Waals surface area (Å²) in [5, 5.41) is 9.36. The minimum absolute atomic E-state index is 0.0909. The van der Waals surface area contributed by atoms with E-state index < -0.39 is 17.2 Å². The predicted octanol–water partition coefficient (Wildman–Crippen LogP) is 3.54. The zero-order chi connectivity index (χ0) is 17.7. The number of hydrogen-bond donors (Lipinski definition) is 1. The van der Waals surface area contributed by atoms with Gasteiger partial charge in [0.25, 0.3) is 0 Å². The van der Waals surface area contributed by atoms with Crippen LogP contribution in [0.2, 0.25) is 0 Å². The third kappa shape index (κ3) is 2.59. The Morgan fingerprint density at radius 3 is 2.68 bits per heavy atom. The summed E-state index contributed by atoms with van der Waals surface area (Å²) in [7, 11) is 0. The summed E-state index contributed by atoms with van der Waals surface area (Å²) in [4.78, 5) is 28.0. The maximum Gasteiger partial charge on any atom is 0.341 e. The fourth-order valence-corrected chi connectivity index (χ4v) is 3.03. The Morgan fingerprint density at radius 1 is 1.32 bits per heavy atom. The molecule has 0 radical (unpaired) electrons. The SMILES string of the molecule is Cc1ccc(-c2cc3c(cc2F)c(=O)c(C(=O)O)cn3C2CC2)cn1. The average Bonchev–Trinajstić information content (AvgIpc) is 3.41. The van der Waals surface area contributed by atoms with Crippen molar-refractivity contribution in [1.82, 2.24) is 9.55 Å². The Balaban J connectivity index is 2.03. The number of fused-ring (bicyclic) bond motifs is 1. The quantitative estimate of drug-likeness (QED) is 0.793. The zero-order valence-electron chi connectivity index (χ0n) is 13.5. The third-order valence-corrected chi connectivity index (χ3v) is 4.51. The highest BCUT2D eigenvalue weighted by Crippen LogP contribution is 2.38. The van der Waals surface area contributed by atoms with Crippen LogP contribution in [0.1, 0.15) is 34.9 Å². The van der Waals surface area contributed by atoms with Crippen molar-refractivity contribution in [3.05, 3.63) is 64.0 Å². The number of hydrogen-bond acceptors (Lipinski definition) is 3. The highest BCUT2D eigenvalue weighted by molar-refractivity contribution is 5.94. The van der Waals surface area contributed by atoms with E-state index in [1.165, 1.54) is 6.20 Å². The van der Waals surface area contributed by atoms with Crippen LogP contribution in [0.25, 0.3) is 22.0 Å². The molecule has 126 valence electrons. The molecule has 1 N–H and O–H groups in total. The lowest BCUT2D eigenvalue weighted by Crippen LogP contribution is -2.19. The van der Waals surface area contributed by atoms with Gasteiger partial charge in [-0.3, -0.25) is 9.78 Å². The molecule has 3 aromatic rings. The molecule has 5 nitrogen and oxygen atoms in total. The molecule has 0 unspecified atom stereocenters. The number of benzene rings is 1. The van der Waals surface area contributed by atoms with Gasteiger partial charge in [-0.15, -0.1) is 0 Å². The second-order valence-corrected chi connectivity index (χ2v) is 6.35. The number of aromatic nitrogens is 2. The van der Waals surface area contributed by atoms with E-state index in [0.29, 0.717) is 16.6 Å². The van der Waals surface area contributed by atoms with Gasteiger partial charge in [-0.2, -0.15) is 0 Å². The van der Waals surface area contributed by atoms with Crippen molar-refractivity contribution in [2.45, 2.75) is 25.8 Å². The van der Waals surface area contributed by atoms with Crippen LogP contribution in [-0.2, 0) is 0 Å². The number of aromatic carboxylic acids is 1. The molecule has 0 bridgehead atoms. The number of nitrogens with zero attached hydrogens (tertiary/aromatic N) is 2. The Hall–Kier alpha value is -3.02. The summed E-state index contributed by atoms with van der Waals surface area (Å²) in [6.07, 6.45) is 4.79. The van der Waals surface area contributed by atoms with Crippen molar-refractivity contribution in [2.24, 2.45) is 0 Å². The molecule has 1 saturated carbocycles. The third-order valence-electron chi connectivity index (χ3n) is 4.51. The van der Waals surface area contributed by atoms with E-state index in [1.54, 1.807) is 29.0 Å². The van der Waals surface area contributed by atoms with Crippen LogP contribution < -0.4 is 5.43 Å². The number of halogens is 1. The van der Waals surface area contributed by atoms with Crippen molar-refractivity contribution in [2.75, 3.05) is 0 Å². The lowest BCUT2D eigenvalue weighted by atomic mass is 10.0. The first-order chi connectivity index (χ1) is 12.0. The van der Waals surface area contributed by atoms with Gasteiger partial charge in [-0.05, 0) is 38.0 Å². The summed E-state index contributed by atoms with van der Waals surface area (Å²) in [5.41, 5.74) is 1.34. The summed E-state index contributed by atoms with van der Waals surface area (Å²) >= 11 is 0. The maximum absolute atomic E-state index is 14.6. The fraction of sp³-hybridized carbons (Fsp3) is 0.211. The number of pyridine rings is 2.